The monoisotopic (exact) mass is 591 g/mol. The number of hydrogen-bond acceptors (Lipinski definition) is 8. The van der Waals surface area contributed by atoms with Gasteiger partial charge >= 0.3 is 0 Å². The van der Waals surface area contributed by atoms with E-state index in [2.05, 4.69) is 25.1 Å². The Kier molecular flexibility index (Phi) is 8.11. The minimum absolute atomic E-state index is 0.00936. The first kappa shape index (κ1) is 28.6. The van der Waals surface area contributed by atoms with Crippen LogP contribution in [0.2, 0.25) is 0 Å². The lowest BCUT2D eigenvalue weighted by Gasteiger charge is -2.11. The summed E-state index contributed by atoms with van der Waals surface area (Å²) in [5.74, 6) is -1.26. The number of fused-ring (bicyclic) bond motifs is 1. The van der Waals surface area contributed by atoms with Crippen LogP contribution in [-0.4, -0.2) is 43.2 Å². The summed E-state index contributed by atoms with van der Waals surface area (Å²) in [5, 5.41) is 7.53. The molecule has 1 amide bonds. The quantitative estimate of drug-likeness (QED) is 0.123. The molecule has 0 spiro atoms. The molecule has 0 saturated carbocycles. The third-order valence-corrected chi connectivity index (χ3v) is 6.95. The second-order valence-electron chi connectivity index (χ2n) is 9.74. The molecule has 0 bridgehead atoms. The highest BCUT2D eigenvalue weighted by atomic mass is 32.2. The number of carbonyl (C=O) groups excluding carboxylic acids is 2. The van der Waals surface area contributed by atoms with Gasteiger partial charge in [-0.1, -0.05) is 12.1 Å². The number of ketones is 1. The zero-order chi connectivity index (χ0) is 30.0. The average Bonchev–Trinajstić information content (AvgIpc) is 3.52. The number of pyridine rings is 1. The van der Waals surface area contributed by atoms with Gasteiger partial charge in [0.15, 0.2) is 11.6 Å². The SMILES string of the molecule is Cc1cc(Oc2ccccc2F)ncc1-n1ncc(C(=O)c2cc3cc(F)c(NSCC(=O)NC(C)C)cc3[nH]2)c1N. The van der Waals surface area contributed by atoms with Gasteiger partial charge in [-0.2, -0.15) is 5.10 Å². The molecule has 0 aliphatic carbocycles. The van der Waals surface area contributed by atoms with Crippen LogP contribution in [0.25, 0.3) is 16.6 Å². The third-order valence-electron chi connectivity index (χ3n) is 6.18. The van der Waals surface area contributed by atoms with Crippen molar-refractivity contribution in [3.8, 4) is 17.3 Å². The molecule has 3 heterocycles. The number of halogens is 2. The molecule has 0 radical (unpaired) electrons. The fourth-order valence-electron chi connectivity index (χ4n) is 4.21. The maximum Gasteiger partial charge on any atom is 0.232 e. The van der Waals surface area contributed by atoms with E-state index in [9.17, 15) is 18.4 Å². The first-order chi connectivity index (χ1) is 20.1. The standard InChI is InChI=1S/C29H27F2N7O3S/c1-15(2)35-26(39)14-42-37-22-11-21-17(9-20(22)31)10-23(36-21)28(40)18-12-34-38(29(18)32)24-13-33-27(8-16(24)3)41-25-7-5-4-6-19(25)30/h4-13,15,36-37H,14,32H2,1-3H3,(H,35,39). The van der Waals surface area contributed by atoms with Gasteiger partial charge in [0.1, 0.15) is 11.6 Å². The summed E-state index contributed by atoms with van der Waals surface area (Å²) < 4.78 is 38.4. The summed E-state index contributed by atoms with van der Waals surface area (Å²) >= 11 is 1.05. The highest BCUT2D eigenvalue weighted by Crippen LogP contribution is 2.29. The number of aryl methyl sites for hydroxylation is 1. The van der Waals surface area contributed by atoms with Crippen molar-refractivity contribution in [1.82, 2.24) is 25.1 Å². The first-order valence-corrected chi connectivity index (χ1v) is 13.9. The molecule has 5 rings (SSSR count). The lowest BCUT2D eigenvalue weighted by atomic mass is 10.1. The number of anilines is 2. The maximum absolute atomic E-state index is 14.7. The predicted octanol–water partition coefficient (Wildman–Crippen LogP) is 5.53. The Balaban J connectivity index is 1.33. The summed E-state index contributed by atoms with van der Waals surface area (Å²) in [6, 6.07) is 12.0. The van der Waals surface area contributed by atoms with Gasteiger partial charge in [-0.3, -0.25) is 9.59 Å². The number of rotatable bonds is 10. The zero-order valence-electron chi connectivity index (χ0n) is 22.9. The number of para-hydroxylation sites is 1. The maximum atomic E-state index is 14.7. The number of hydrogen-bond donors (Lipinski definition) is 4. The molecular formula is C29H27F2N7O3S. The fourth-order valence-corrected chi connectivity index (χ4v) is 4.81. The zero-order valence-corrected chi connectivity index (χ0v) is 23.7. The molecule has 0 aliphatic rings. The Bertz CT molecular complexity index is 1800. The van der Waals surface area contributed by atoms with E-state index >= 15 is 0 Å². The van der Waals surface area contributed by atoms with E-state index in [4.69, 9.17) is 10.5 Å². The summed E-state index contributed by atoms with van der Waals surface area (Å²) in [5.41, 5.74) is 8.52. The molecule has 2 aromatic carbocycles. The lowest BCUT2D eigenvalue weighted by Crippen LogP contribution is -2.31. The molecule has 0 aliphatic heterocycles. The van der Waals surface area contributed by atoms with E-state index < -0.39 is 17.4 Å². The second-order valence-corrected chi connectivity index (χ2v) is 10.5. The topological polar surface area (TPSA) is 140 Å². The van der Waals surface area contributed by atoms with E-state index in [1.165, 1.54) is 47.4 Å². The number of H-pyrrole nitrogens is 1. The Morgan fingerprint density at radius 1 is 1.12 bits per heavy atom. The van der Waals surface area contributed by atoms with E-state index in [0.29, 0.717) is 22.2 Å². The van der Waals surface area contributed by atoms with E-state index in [-0.39, 0.29) is 52.1 Å². The molecular weight excluding hydrogens is 564 g/mol. The first-order valence-electron chi connectivity index (χ1n) is 12.9. The fraction of sp³-hybridized carbons (Fsp3) is 0.172. The van der Waals surface area contributed by atoms with Gasteiger partial charge < -0.3 is 25.5 Å². The number of aromatic amines is 1. The van der Waals surface area contributed by atoms with Crippen LogP contribution in [0, 0.1) is 18.6 Å². The smallest absolute Gasteiger partial charge is 0.232 e. The van der Waals surface area contributed by atoms with Crippen LogP contribution >= 0.6 is 11.9 Å². The Morgan fingerprint density at radius 3 is 2.64 bits per heavy atom. The molecule has 0 saturated heterocycles. The number of benzene rings is 2. The number of nitrogen functional groups attached to an aromatic ring is 1. The largest absolute Gasteiger partial charge is 0.436 e. The summed E-state index contributed by atoms with van der Waals surface area (Å²) in [6.45, 7) is 5.49. The van der Waals surface area contributed by atoms with Gasteiger partial charge in [-0.05, 0) is 68.6 Å². The molecule has 5 N–H and O–H groups in total. The van der Waals surface area contributed by atoms with Gasteiger partial charge in [0.05, 0.1) is 40.8 Å². The van der Waals surface area contributed by atoms with E-state index in [0.717, 1.165) is 11.9 Å². The second kappa shape index (κ2) is 11.9. The van der Waals surface area contributed by atoms with Crippen molar-refractivity contribution >= 4 is 46.0 Å². The van der Waals surface area contributed by atoms with Gasteiger partial charge in [-0.15, -0.1) is 0 Å². The molecule has 0 unspecified atom stereocenters. The molecule has 216 valence electrons. The summed E-state index contributed by atoms with van der Waals surface area (Å²) in [7, 11) is 0. The van der Waals surface area contributed by atoms with Crippen molar-refractivity contribution in [2.24, 2.45) is 0 Å². The number of nitrogens with one attached hydrogen (secondary N) is 3. The van der Waals surface area contributed by atoms with Crippen LogP contribution in [0.5, 0.6) is 11.6 Å². The van der Waals surface area contributed by atoms with E-state index in [1.807, 2.05) is 13.8 Å². The number of carbonyl (C=O) groups is 2. The van der Waals surface area contributed by atoms with Gasteiger partial charge in [-0.25, -0.2) is 18.4 Å². The lowest BCUT2D eigenvalue weighted by molar-refractivity contribution is -0.119. The van der Waals surface area contributed by atoms with Crippen molar-refractivity contribution in [1.29, 1.82) is 0 Å². The molecule has 13 heteroatoms. The number of nitrogens with zero attached hydrogens (tertiary/aromatic N) is 3. The number of nitrogens with two attached hydrogens (primary N) is 1. The molecule has 3 aromatic heterocycles. The highest BCUT2D eigenvalue weighted by Gasteiger charge is 2.21. The van der Waals surface area contributed by atoms with Crippen LogP contribution in [0.3, 0.4) is 0 Å². The molecule has 0 atom stereocenters. The minimum Gasteiger partial charge on any atom is -0.436 e. The van der Waals surface area contributed by atoms with Crippen molar-refractivity contribution in [2.45, 2.75) is 26.8 Å². The average molecular weight is 592 g/mol. The molecule has 42 heavy (non-hydrogen) atoms. The molecule has 5 aromatic rings. The van der Waals surface area contributed by atoms with Crippen LogP contribution in [-0.2, 0) is 4.79 Å². The van der Waals surface area contributed by atoms with Gasteiger partial charge in [0.25, 0.3) is 0 Å². The van der Waals surface area contributed by atoms with Crippen molar-refractivity contribution in [3.63, 3.8) is 0 Å². The number of ether oxygens (including phenoxy) is 1. The molecule has 10 nitrogen and oxygen atoms in total. The van der Waals surface area contributed by atoms with Crippen molar-refractivity contribution in [3.05, 3.63) is 89.4 Å². The summed E-state index contributed by atoms with van der Waals surface area (Å²) in [6.07, 6.45) is 2.81. The third kappa shape index (κ3) is 6.05. The van der Waals surface area contributed by atoms with Crippen LogP contribution in [0.15, 0.2) is 60.9 Å². The predicted molar refractivity (Wildman–Crippen MR) is 158 cm³/mol. The van der Waals surface area contributed by atoms with Gasteiger partial charge in [0, 0.05) is 23.0 Å². The summed E-state index contributed by atoms with van der Waals surface area (Å²) in [4.78, 5) is 32.5. The minimum atomic E-state index is -0.532. The number of aromatic nitrogens is 4. The van der Waals surface area contributed by atoms with E-state index in [1.54, 1.807) is 25.1 Å². The van der Waals surface area contributed by atoms with Crippen molar-refractivity contribution in [2.75, 3.05) is 16.2 Å². The normalized spacial score (nSPS) is 11.2. The Labute approximate surface area is 243 Å². The number of amides is 1. The van der Waals surface area contributed by atoms with Crippen molar-refractivity contribution < 1.29 is 23.1 Å². The Hall–Kier alpha value is -4.91. The van der Waals surface area contributed by atoms with Gasteiger partial charge in [0.2, 0.25) is 17.6 Å². The Morgan fingerprint density at radius 2 is 1.90 bits per heavy atom. The highest BCUT2D eigenvalue weighted by molar-refractivity contribution is 8.01. The van der Waals surface area contributed by atoms with Crippen LogP contribution < -0.4 is 20.5 Å². The van der Waals surface area contributed by atoms with Crippen LogP contribution in [0.1, 0.15) is 35.5 Å². The molecule has 0 fully saturated rings. The van der Waals surface area contributed by atoms with Crippen LogP contribution in [0.4, 0.5) is 20.3 Å².